The van der Waals surface area contributed by atoms with E-state index < -0.39 is 24.1 Å². The monoisotopic (exact) mass is 686 g/mol. The van der Waals surface area contributed by atoms with Crippen molar-refractivity contribution in [3.05, 3.63) is 52.7 Å². The molecule has 2 fully saturated rings. The molecule has 16 heteroatoms. The molecule has 2 atom stereocenters. The van der Waals surface area contributed by atoms with Crippen LogP contribution in [0.3, 0.4) is 0 Å². The molecule has 2 aliphatic carbocycles. The van der Waals surface area contributed by atoms with Crippen molar-refractivity contribution in [1.82, 2.24) is 39.5 Å². The van der Waals surface area contributed by atoms with Gasteiger partial charge in [-0.15, -0.1) is 0 Å². The summed E-state index contributed by atoms with van der Waals surface area (Å²) in [5.41, 5.74) is 3.04. The molecular weight excluding hydrogens is 644 g/mol. The van der Waals surface area contributed by atoms with E-state index in [2.05, 4.69) is 35.8 Å². The summed E-state index contributed by atoms with van der Waals surface area (Å²) in [7, 11) is 0. The van der Waals surface area contributed by atoms with E-state index in [-0.39, 0.29) is 56.6 Å². The second-order valence-corrected chi connectivity index (χ2v) is 13.3. The Kier molecular flexibility index (Phi) is 9.52. The van der Waals surface area contributed by atoms with Crippen molar-refractivity contribution < 1.29 is 27.4 Å². The van der Waals surface area contributed by atoms with Crippen molar-refractivity contribution in [1.29, 1.82) is 0 Å². The van der Waals surface area contributed by atoms with E-state index >= 15 is 0 Å². The molecule has 0 unspecified atom stereocenters. The summed E-state index contributed by atoms with van der Waals surface area (Å²) >= 11 is 0. The van der Waals surface area contributed by atoms with Crippen LogP contribution in [0.2, 0.25) is 0 Å². The maximum atomic E-state index is 13.9. The second-order valence-electron chi connectivity index (χ2n) is 13.3. The van der Waals surface area contributed by atoms with Crippen LogP contribution in [0, 0.1) is 20.8 Å². The van der Waals surface area contributed by atoms with Crippen LogP contribution in [0.1, 0.15) is 106 Å². The number of aromatic nitrogens is 8. The van der Waals surface area contributed by atoms with Crippen LogP contribution in [0.15, 0.2) is 24.3 Å². The fraction of sp³-hybridized carbons (Fsp3) is 0.576. The molecule has 0 aliphatic heterocycles. The molecular formula is C33H42F4N10O2. The highest BCUT2D eigenvalue weighted by Gasteiger charge is 2.36. The van der Waals surface area contributed by atoms with Gasteiger partial charge >= 0.3 is 0 Å². The molecule has 0 radical (unpaired) electrons. The van der Waals surface area contributed by atoms with Gasteiger partial charge in [-0.2, -0.15) is 24.8 Å². The third-order valence-electron chi connectivity index (χ3n) is 8.94. The van der Waals surface area contributed by atoms with Gasteiger partial charge in [0, 0.05) is 61.7 Å². The molecule has 3 N–H and O–H groups in total. The van der Waals surface area contributed by atoms with Gasteiger partial charge in [0.1, 0.15) is 17.7 Å². The number of hydrogen-bond donors (Lipinski definition) is 3. The summed E-state index contributed by atoms with van der Waals surface area (Å²) in [6, 6.07) is 6.57. The number of aliphatic hydroxyl groups is 1. The van der Waals surface area contributed by atoms with E-state index in [1.165, 1.54) is 4.68 Å². The summed E-state index contributed by atoms with van der Waals surface area (Å²) < 4.78 is 64.7. The first-order chi connectivity index (χ1) is 23.1. The van der Waals surface area contributed by atoms with Gasteiger partial charge in [0.2, 0.25) is 17.7 Å². The lowest BCUT2D eigenvalue weighted by Gasteiger charge is -2.29. The average Bonchev–Trinajstić information content (AvgIpc) is 3.58. The van der Waals surface area contributed by atoms with Crippen LogP contribution < -0.4 is 15.4 Å². The van der Waals surface area contributed by atoms with Crippen LogP contribution in [-0.2, 0) is 0 Å². The van der Waals surface area contributed by atoms with Crippen LogP contribution in [0.25, 0.3) is 11.9 Å². The number of hydrogen-bond acceptors (Lipinski definition) is 10. The van der Waals surface area contributed by atoms with Crippen molar-refractivity contribution in [3.63, 3.8) is 0 Å². The molecule has 0 saturated heterocycles. The molecule has 0 amide bonds. The van der Waals surface area contributed by atoms with E-state index in [1.807, 2.05) is 26.8 Å². The number of nitrogens with one attached hydrogen (secondary N) is 2. The SMILES string of the molecule is Cc1cc(C)n(-c2nc(NC3CCC(F)(F)CC3)cc([C@@H](C)Oc3cc(C)nn3-c3nc(NC4CCC(F)(F)CC4)cc([C@H](C)O)n3)n2)n1. The predicted octanol–water partition coefficient (Wildman–Crippen LogP) is 6.74. The van der Waals surface area contributed by atoms with Gasteiger partial charge in [-0.1, -0.05) is 0 Å². The minimum absolute atomic E-state index is 0.125. The minimum Gasteiger partial charge on any atom is -0.468 e. The number of ether oxygens (including phenoxy) is 1. The van der Waals surface area contributed by atoms with Gasteiger partial charge in [-0.05, 0) is 66.4 Å². The largest absolute Gasteiger partial charge is 0.468 e. The number of alkyl halides is 4. The van der Waals surface area contributed by atoms with Gasteiger partial charge in [-0.25, -0.2) is 32.2 Å². The van der Waals surface area contributed by atoms with Crippen molar-refractivity contribution in [2.45, 2.75) is 122 Å². The van der Waals surface area contributed by atoms with E-state index in [9.17, 15) is 22.7 Å². The van der Waals surface area contributed by atoms with Crippen LogP contribution in [0.5, 0.6) is 5.88 Å². The van der Waals surface area contributed by atoms with Crippen LogP contribution in [0.4, 0.5) is 29.2 Å². The fourth-order valence-electron chi connectivity index (χ4n) is 6.23. The summed E-state index contributed by atoms with van der Waals surface area (Å²) in [5.74, 6) is -3.75. The lowest BCUT2D eigenvalue weighted by Crippen LogP contribution is -2.32. The molecule has 0 bridgehead atoms. The van der Waals surface area contributed by atoms with Crippen molar-refractivity contribution >= 4 is 11.6 Å². The predicted molar refractivity (Wildman–Crippen MR) is 174 cm³/mol. The van der Waals surface area contributed by atoms with E-state index in [0.717, 1.165) is 11.4 Å². The highest BCUT2D eigenvalue weighted by molar-refractivity contribution is 5.43. The topological polar surface area (TPSA) is 141 Å². The van der Waals surface area contributed by atoms with Crippen molar-refractivity contribution in [3.8, 4) is 17.8 Å². The molecule has 6 rings (SSSR count). The third kappa shape index (κ3) is 8.28. The van der Waals surface area contributed by atoms with E-state index in [1.54, 1.807) is 36.7 Å². The molecule has 12 nitrogen and oxygen atoms in total. The Hall–Kier alpha value is -4.34. The first-order valence-corrected chi connectivity index (χ1v) is 16.7. The lowest BCUT2D eigenvalue weighted by atomic mass is 9.92. The van der Waals surface area contributed by atoms with Gasteiger partial charge in [0.05, 0.1) is 28.9 Å². The summed E-state index contributed by atoms with van der Waals surface area (Å²) in [6.45, 7) is 8.93. The number of anilines is 2. The number of rotatable bonds is 10. The first-order valence-electron chi connectivity index (χ1n) is 16.7. The zero-order valence-electron chi connectivity index (χ0n) is 28.2. The van der Waals surface area contributed by atoms with Gasteiger partial charge in [0.15, 0.2) is 0 Å². The third-order valence-corrected chi connectivity index (χ3v) is 8.94. The molecule has 2 saturated carbocycles. The second kappa shape index (κ2) is 13.5. The van der Waals surface area contributed by atoms with Crippen molar-refractivity contribution in [2.24, 2.45) is 0 Å². The zero-order chi connectivity index (χ0) is 35.1. The highest BCUT2D eigenvalue weighted by Crippen LogP contribution is 2.36. The minimum atomic E-state index is -2.67. The maximum Gasteiger partial charge on any atom is 0.256 e. The molecule has 264 valence electrons. The summed E-state index contributed by atoms with van der Waals surface area (Å²) in [6.07, 6.45) is -1.22. The first kappa shape index (κ1) is 34.5. The van der Waals surface area contributed by atoms with Crippen LogP contribution in [-0.4, -0.2) is 68.5 Å². The quantitative estimate of drug-likeness (QED) is 0.154. The van der Waals surface area contributed by atoms with Gasteiger partial charge < -0.3 is 20.5 Å². The Labute approximate surface area is 281 Å². The molecule has 4 heterocycles. The normalized spacial score (nSPS) is 19.4. The number of halogens is 4. The Morgan fingerprint density at radius 2 is 1.18 bits per heavy atom. The molecule has 0 spiro atoms. The lowest BCUT2D eigenvalue weighted by molar-refractivity contribution is -0.0366. The van der Waals surface area contributed by atoms with E-state index in [0.29, 0.717) is 53.4 Å². The Morgan fingerprint density at radius 3 is 1.69 bits per heavy atom. The average molecular weight is 687 g/mol. The Morgan fingerprint density at radius 1 is 0.714 bits per heavy atom. The summed E-state index contributed by atoms with van der Waals surface area (Å²) in [4.78, 5) is 18.6. The van der Waals surface area contributed by atoms with Crippen molar-refractivity contribution in [2.75, 3.05) is 10.6 Å². The molecule has 49 heavy (non-hydrogen) atoms. The highest BCUT2D eigenvalue weighted by atomic mass is 19.3. The Bertz CT molecular complexity index is 1770. The molecule has 2 aliphatic rings. The number of aryl methyl sites for hydroxylation is 3. The van der Waals surface area contributed by atoms with E-state index in [4.69, 9.17) is 9.72 Å². The van der Waals surface area contributed by atoms with Gasteiger partial charge in [0.25, 0.3) is 11.9 Å². The molecule has 4 aromatic heterocycles. The Balaban J connectivity index is 1.29. The smallest absolute Gasteiger partial charge is 0.256 e. The maximum absolute atomic E-state index is 13.9. The molecule has 4 aromatic rings. The fourth-order valence-corrected chi connectivity index (χ4v) is 6.23. The van der Waals surface area contributed by atoms with Crippen LogP contribution >= 0.6 is 0 Å². The number of aliphatic hydroxyl groups excluding tert-OH is 1. The van der Waals surface area contributed by atoms with Gasteiger partial charge in [-0.3, -0.25) is 0 Å². The zero-order valence-corrected chi connectivity index (χ0v) is 28.2. The standard InChI is InChI=1S/C33H42F4N10O2/c1-18-14-20(3)46(44-18)30-41-26(17-28(42-30)39-24-8-12-33(36,37)13-9-24)22(5)49-29-15-19(2)45-47(29)31-40-25(21(4)48)16-27(43-31)38-23-6-10-32(34,35)11-7-23/h14-17,21-24,48H,6-13H2,1-5H3,(H,38,40,43)(H,39,41,42)/t21-,22+/m0/s1. The summed E-state index contributed by atoms with van der Waals surface area (Å²) in [5, 5.41) is 26.1. The number of nitrogens with zero attached hydrogens (tertiary/aromatic N) is 8. The molecule has 0 aromatic carbocycles.